The Bertz CT molecular complexity index is 1310. The predicted octanol–water partition coefficient (Wildman–Crippen LogP) is -1.22. The van der Waals surface area contributed by atoms with E-state index < -0.39 is 91.4 Å². The monoisotopic (exact) mass is 577 g/mol. The summed E-state index contributed by atoms with van der Waals surface area (Å²) in [7, 11) is 0. The van der Waals surface area contributed by atoms with Gasteiger partial charge in [0.1, 0.15) is 18.1 Å². The minimum Gasteiger partial charge on any atom is -0.481 e. The maximum Gasteiger partial charge on any atom is 0.326 e. The molecule has 1 aromatic carbocycles. The van der Waals surface area contributed by atoms with Crippen molar-refractivity contribution in [3.05, 3.63) is 36.0 Å². The van der Waals surface area contributed by atoms with Crippen molar-refractivity contribution in [1.29, 1.82) is 0 Å². The first kappa shape index (κ1) is 32.2. The number of amides is 3. The van der Waals surface area contributed by atoms with Crippen molar-refractivity contribution in [1.82, 2.24) is 20.9 Å². The van der Waals surface area contributed by atoms with Crippen molar-refractivity contribution in [2.75, 3.05) is 0 Å². The Labute approximate surface area is 232 Å². The Kier molecular flexibility index (Phi) is 11.8. The molecule has 0 bridgehead atoms. The number of fused-ring (bicyclic) bond motifs is 1. The number of aliphatic carboxylic acids is 4. The van der Waals surface area contributed by atoms with Gasteiger partial charge in [-0.05, 0) is 24.5 Å². The highest BCUT2D eigenvalue weighted by molar-refractivity contribution is 5.96. The second-order valence-corrected chi connectivity index (χ2v) is 9.15. The Balaban J connectivity index is 2.19. The second kappa shape index (κ2) is 15.0. The number of carbonyl (C=O) groups excluding carboxylic acids is 3. The molecule has 41 heavy (non-hydrogen) atoms. The highest BCUT2D eigenvalue weighted by Crippen LogP contribution is 2.19. The standard InChI is InChI=1S/C25H31N5O11/c26-14(5-7-19(31)32)22(37)29-17(10-21(35)36)24(39)28-16(6-8-20(33)34)23(38)30-18(25(40)41)9-12-11-27-15-4-2-1-3-13(12)15/h1-4,11,14,16-18,27H,5-10,26H2,(H,28,39)(H,29,37)(H,30,38)(H,31,32)(H,33,34)(H,35,36)(H,40,41). The molecule has 0 fully saturated rings. The van der Waals surface area contributed by atoms with Crippen LogP contribution in [0.2, 0.25) is 0 Å². The first-order chi connectivity index (χ1) is 19.3. The third kappa shape index (κ3) is 10.2. The molecule has 3 amide bonds. The molecule has 2 rings (SSSR count). The minimum atomic E-state index is -1.77. The summed E-state index contributed by atoms with van der Waals surface area (Å²) in [6.07, 6.45) is -1.40. The van der Waals surface area contributed by atoms with Gasteiger partial charge in [0.05, 0.1) is 12.5 Å². The number of aromatic nitrogens is 1. The number of aromatic amines is 1. The van der Waals surface area contributed by atoms with Gasteiger partial charge in [0.15, 0.2) is 0 Å². The van der Waals surface area contributed by atoms with Crippen LogP contribution < -0.4 is 21.7 Å². The number of para-hydroxylation sites is 1. The number of carboxylic acid groups (broad SMARTS) is 4. The largest absolute Gasteiger partial charge is 0.481 e. The number of carboxylic acids is 4. The number of rotatable bonds is 17. The summed E-state index contributed by atoms with van der Waals surface area (Å²) in [6.45, 7) is 0. The number of H-pyrrole nitrogens is 1. The van der Waals surface area contributed by atoms with E-state index in [1.807, 2.05) is 0 Å². The van der Waals surface area contributed by atoms with Gasteiger partial charge in [-0.25, -0.2) is 4.79 Å². The molecule has 1 aromatic heterocycles. The number of carbonyl (C=O) groups is 7. The lowest BCUT2D eigenvalue weighted by Crippen LogP contribution is -2.57. The van der Waals surface area contributed by atoms with Gasteiger partial charge in [-0.2, -0.15) is 0 Å². The van der Waals surface area contributed by atoms with Gasteiger partial charge in [0.2, 0.25) is 17.7 Å². The molecule has 0 aliphatic heterocycles. The van der Waals surface area contributed by atoms with Gasteiger partial charge in [-0.15, -0.1) is 0 Å². The molecule has 2 aromatic rings. The molecule has 0 aliphatic carbocycles. The van der Waals surface area contributed by atoms with Crippen molar-refractivity contribution >= 4 is 52.5 Å². The van der Waals surface area contributed by atoms with E-state index in [1.165, 1.54) is 0 Å². The molecule has 0 aliphatic rings. The maximum absolute atomic E-state index is 13.1. The Morgan fingerprint density at radius 2 is 1.29 bits per heavy atom. The lowest BCUT2D eigenvalue weighted by atomic mass is 10.0. The fourth-order valence-corrected chi connectivity index (χ4v) is 3.87. The molecule has 4 atom stereocenters. The summed E-state index contributed by atoms with van der Waals surface area (Å²) < 4.78 is 0. The zero-order valence-corrected chi connectivity index (χ0v) is 21.7. The summed E-state index contributed by atoms with van der Waals surface area (Å²) in [4.78, 5) is 86.4. The number of hydrogen-bond donors (Lipinski definition) is 9. The maximum atomic E-state index is 13.1. The topological polar surface area (TPSA) is 278 Å². The smallest absolute Gasteiger partial charge is 0.326 e. The molecule has 4 unspecified atom stereocenters. The third-order valence-corrected chi connectivity index (χ3v) is 6.01. The molecule has 222 valence electrons. The summed E-state index contributed by atoms with van der Waals surface area (Å²) in [5.74, 6) is -8.73. The third-order valence-electron chi connectivity index (χ3n) is 6.01. The number of nitrogens with one attached hydrogen (secondary N) is 4. The van der Waals surface area contributed by atoms with Crippen molar-refractivity contribution < 1.29 is 54.0 Å². The van der Waals surface area contributed by atoms with Crippen LogP contribution in [0.5, 0.6) is 0 Å². The van der Waals surface area contributed by atoms with Crippen molar-refractivity contribution in [2.24, 2.45) is 5.73 Å². The summed E-state index contributed by atoms with van der Waals surface area (Å²) in [6, 6.07) is 0.804. The second-order valence-electron chi connectivity index (χ2n) is 9.15. The van der Waals surface area contributed by atoms with Gasteiger partial charge in [0, 0.05) is 36.4 Å². The van der Waals surface area contributed by atoms with Crippen LogP contribution in [0.15, 0.2) is 30.5 Å². The molecule has 16 heteroatoms. The van der Waals surface area contributed by atoms with Crippen LogP contribution in [0.4, 0.5) is 0 Å². The van der Waals surface area contributed by atoms with E-state index in [4.69, 9.17) is 15.9 Å². The number of hydrogen-bond acceptors (Lipinski definition) is 8. The van der Waals surface area contributed by atoms with Crippen LogP contribution in [0, 0.1) is 0 Å². The van der Waals surface area contributed by atoms with E-state index in [1.54, 1.807) is 30.5 Å². The van der Waals surface area contributed by atoms with Gasteiger partial charge in [-0.3, -0.25) is 28.8 Å². The summed E-state index contributed by atoms with van der Waals surface area (Å²) in [5.41, 5.74) is 6.91. The lowest BCUT2D eigenvalue weighted by molar-refractivity contribution is -0.143. The highest BCUT2D eigenvalue weighted by atomic mass is 16.4. The van der Waals surface area contributed by atoms with Gasteiger partial charge >= 0.3 is 23.9 Å². The van der Waals surface area contributed by atoms with Crippen LogP contribution in [0.1, 0.15) is 37.7 Å². The fraction of sp³-hybridized carbons (Fsp3) is 0.400. The minimum absolute atomic E-state index is 0.156. The highest BCUT2D eigenvalue weighted by Gasteiger charge is 2.32. The molecule has 0 saturated heterocycles. The normalized spacial score (nSPS) is 13.8. The van der Waals surface area contributed by atoms with E-state index in [9.17, 15) is 43.8 Å². The molecule has 0 radical (unpaired) electrons. The van der Waals surface area contributed by atoms with Crippen LogP contribution in [-0.2, 0) is 40.0 Å². The van der Waals surface area contributed by atoms with Gasteiger partial charge in [0.25, 0.3) is 0 Å². The Hall–Kier alpha value is -4.99. The Morgan fingerprint density at radius 3 is 1.90 bits per heavy atom. The van der Waals surface area contributed by atoms with Crippen molar-refractivity contribution in [3.8, 4) is 0 Å². The first-order valence-corrected chi connectivity index (χ1v) is 12.4. The number of benzene rings is 1. The SMILES string of the molecule is NC(CCC(=O)O)C(=O)NC(CC(=O)O)C(=O)NC(CCC(=O)O)C(=O)NC(Cc1c[nH]c2ccccc12)C(=O)O. The molecule has 1 heterocycles. The average Bonchev–Trinajstić information content (AvgIpc) is 3.30. The van der Waals surface area contributed by atoms with Crippen molar-refractivity contribution in [3.63, 3.8) is 0 Å². The van der Waals surface area contributed by atoms with Crippen LogP contribution in [0.25, 0.3) is 10.9 Å². The van der Waals surface area contributed by atoms with Gasteiger partial charge in [-0.1, -0.05) is 18.2 Å². The zero-order chi connectivity index (χ0) is 30.7. The molecule has 10 N–H and O–H groups in total. The summed E-state index contributed by atoms with van der Waals surface area (Å²) in [5, 5.41) is 44.0. The summed E-state index contributed by atoms with van der Waals surface area (Å²) >= 11 is 0. The quantitative estimate of drug-likeness (QED) is 0.107. The Morgan fingerprint density at radius 1 is 0.732 bits per heavy atom. The van der Waals surface area contributed by atoms with Crippen LogP contribution >= 0.6 is 0 Å². The average molecular weight is 578 g/mol. The fourth-order valence-electron chi connectivity index (χ4n) is 3.87. The van der Waals surface area contributed by atoms with E-state index >= 15 is 0 Å². The van der Waals surface area contributed by atoms with Crippen LogP contribution in [0.3, 0.4) is 0 Å². The molecule has 16 nitrogen and oxygen atoms in total. The molecular formula is C25H31N5O11. The molecule has 0 saturated carbocycles. The zero-order valence-electron chi connectivity index (χ0n) is 21.7. The van der Waals surface area contributed by atoms with E-state index in [-0.39, 0.29) is 12.8 Å². The number of nitrogens with two attached hydrogens (primary N) is 1. The molecular weight excluding hydrogens is 546 g/mol. The van der Waals surface area contributed by atoms with E-state index in [0.29, 0.717) is 5.56 Å². The molecule has 0 spiro atoms. The van der Waals surface area contributed by atoms with Crippen LogP contribution in [-0.4, -0.2) is 91.2 Å². The van der Waals surface area contributed by atoms with E-state index in [0.717, 1.165) is 10.9 Å². The first-order valence-electron chi connectivity index (χ1n) is 12.4. The van der Waals surface area contributed by atoms with Gasteiger partial charge < -0.3 is 47.1 Å². The van der Waals surface area contributed by atoms with Crippen molar-refractivity contribution in [2.45, 2.75) is 62.7 Å². The predicted molar refractivity (Wildman–Crippen MR) is 139 cm³/mol. The van der Waals surface area contributed by atoms with E-state index in [2.05, 4.69) is 20.9 Å². The lowest BCUT2D eigenvalue weighted by Gasteiger charge is -2.24.